The van der Waals surface area contributed by atoms with E-state index in [-0.39, 0.29) is 36.3 Å². The highest BCUT2D eigenvalue weighted by Gasteiger charge is 2.55. The first-order valence-electron chi connectivity index (χ1n) is 15.3. The topological polar surface area (TPSA) is 148 Å². The summed E-state index contributed by atoms with van der Waals surface area (Å²) in [6.45, 7) is 1.59. The lowest BCUT2D eigenvalue weighted by molar-refractivity contribution is -0.123. The lowest BCUT2D eigenvalue weighted by Gasteiger charge is -2.36. The molecule has 1 aliphatic carbocycles. The van der Waals surface area contributed by atoms with Crippen molar-refractivity contribution in [1.29, 1.82) is 0 Å². The molecule has 11 heteroatoms. The van der Waals surface area contributed by atoms with E-state index in [1.165, 1.54) is 18.2 Å². The van der Waals surface area contributed by atoms with Crippen molar-refractivity contribution in [2.75, 3.05) is 18.1 Å². The number of anilines is 1. The Hall–Kier alpha value is -3.74. The molecule has 240 valence electrons. The van der Waals surface area contributed by atoms with Crippen LogP contribution in [0.4, 0.5) is 5.69 Å². The maximum Gasteiger partial charge on any atom is 0.488 e. The van der Waals surface area contributed by atoms with Gasteiger partial charge in [0.15, 0.2) is 0 Å². The number of amides is 2. The first-order chi connectivity index (χ1) is 22.1. The monoisotopic (exact) mass is 689 g/mol. The fourth-order valence-corrected chi connectivity index (χ4v) is 6.93. The Labute approximate surface area is 276 Å². The minimum Gasteiger partial charge on any atom is -0.507 e. The number of hydrogen-bond acceptors (Lipinski definition) is 8. The summed E-state index contributed by atoms with van der Waals surface area (Å²) in [6, 6.07) is 20.3. The number of aliphatic hydroxyl groups excluding tert-OH is 2. The smallest absolute Gasteiger partial charge is 0.488 e. The van der Waals surface area contributed by atoms with E-state index in [9.17, 15) is 35.0 Å². The number of phenolic OH excluding ortho intramolecular Hbond substituents is 1. The first-order valence-corrected chi connectivity index (χ1v) is 16.1. The van der Waals surface area contributed by atoms with Crippen LogP contribution in [-0.2, 0) is 9.59 Å². The molecular weight excluding hydrogens is 653 g/mol. The van der Waals surface area contributed by atoms with Crippen LogP contribution in [0.3, 0.4) is 0 Å². The van der Waals surface area contributed by atoms with Gasteiger partial charge >= 0.3 is 7.12 Å². The van der Waals surface area contributed by atoms with Gasteiger partial charge in [-0.05, 0) is 84.8 Å². The molecule has 2 aliphatic rings. The number of carbonyl (C=O) groups excluding carboxylic acids is 2. The minimum absolute atomic E-state index is 0.0617. The number of ether oxygens (including phenoxy) is 1. The van der Waals surface area contributed by atoms with Crippen molar-refractivity contribution in [3.05, 3.63) is 99.6 Å². The normalized spacial score (nSPS) is 20.6. The number of fused-ring (bicyclic) bond motifs is 1. The number of imide groups is 1. The fourth-order valence-electron chi connectivity index (χ4n) is 6.55. The Morgan fingerprint density at radius 3 is 2.52 bits per heavy atom. The fraction of sp³-hybridized carbons (Fsp3) is 0.314. The summed E-state index contributed by atoms with van der Waals surface area (Å²) in [4.78, 5) is 28.8. The average molecular weight is 690 g/mol. The largest absolute Gasteiger partial charge is 0.507 e. The number of benzene rings is 3. The van der Waals surface area contributed by atoms with Crippen LogP contribution in [-0.4, -0.2) is 63.6 Å². The molecule has 1 heterocycles. The Balaban J connectivity index is 1.46. The second-order valence-electron chi connectivity index (χ2n) is 11.7. The third-order valence-electron chi connectivity index (χ3n) is 8.86. The third-order valence-corrected chi connectivity index (χ3v) is 9.36. The molecule has 1 aliphatic heterocycles. The number of aromatic hydroxyl groups is 1. The van der Waals surface area contributed by atoms with Gasteiger partial charge in [0.25, 0.3) is 0 Å². The van der Waals surface area contributed by atoms with Gasteiger partial charge in [-0.3, -0.25) is 14.5 Å². The van der Waals surface area contributed by atoms with E-state index in [0.29, 0.717) is 35.3 Å². The summed E-state index contributed by atoms with van der Waals surface area (Å²) < 4.78 is 6.90. The molecule has 3 aromatic carbocycles. The van der Waals surface area contributed by atoms with Crippen molar-refractivity contribution in [3.8, 4) is 11.5 Å². The maximum absolute atomic E-state index is 13.9. The van der Waals surface area contributed by atoms with Crippen molar-refractivity contribution in [2.45, 2.75) is 38.7 Å². The summed E-state index contributed by atoms with van der Waals surface area (Å²) in [5, 5.41) is 52.2. The van der Waals surface area contributed by atoms with Gasteiger partial charge in [-0.2, -0.15) is 0 Å². The molecular formula is C35H37BBrNO8. The Kier molecular flexibility index (Phi) is 10.8. The molecule has 1 saturated heterocycles. The van der Waals surface area contributed by atoms with Crippen LogP contribution < -0.4 is 15.1 Å². The van der Waals surface area contributed by atoms with E-state index in [2.05, 4.69) is 15.9 Å². The van der Waals surface area contributed by atoms with E-state index >= 15 is 0 Å². The van der Waals surface area contributed by atoms with E-state index in [1.54, 1.807) is 30.3 Å². The number of halogens is 1. The molecule has 3 aromatic rings. The number of nitrogens with zero attached hydrogens (tertiary/aromatic N) is 1. The van der Waals surface area contributed by atoms with Crippen LogP contribution in [0.1, 0.15) is 38.2 Å². The van der Waals surface area contributed by atoms with Crippen LogP contribution in [0.15, 0.2) is 94.0 Å². The summed E-state index contributed by atoms with van der Waals surface area (Å²) in [7, 11) is -1.78. The first kappa shape index (κ1) is 33.6. The van der Waals surface area contributed by atoms with Crippen LogP contribution in [0.5, 0.6) is 11.5 Å². The molecule has 0 radical (unpaired) electrons. The number of phenols is 1. The molecule has 1 fully saturated rings. The summed E-state index contributed by atoms with van der Waals surface area (Å²) >= 11 is 3.44. The number of para-hydroxylation sites is 1. The third kappa shape index (κ3) is 7.14. The van der Waals surface area contributed by atoms with Crippen LogP contribution in [0.25, 0.3) is 6.08 Å². The molecule has 0 unspecified atom stereocenters. The van der Waals surface area contributed by atoms with Crippen LogP contribution >= 0.6 is 15.9 Å². The van der Waals surface area contributed by atoms with Gasteiger partial charge in [-0.25, -0.2) is 0 Å². The van der Waals surface area contributed by atoms with Crippen LogP contribution in [0, 0.1) is 17.8 Å². The number of aliphatic hydroxyl groups is 2. The zero-order valence-corrected chi connectivity index (χ0v) is 27.0. The summed E-state index contributed by atoms with van der Waals surface area (Å²) in [5.74, 6) is -2.75. The minimum atomic E-state index is -1.78. The molecule has 2 amide bonds. The standard InChI is InChI=1S/C35H37BBrNO8/c1-2-21(15-22-16-25(37)12-14-30(22)40)11-13-31(41)32-23(20-46-27-9-4-3-5-10-27)17-28-33(29(32)19-39)35(43)38(34(28)42)26-8-6-7-24(18-26)36(44)45/h3-10,12,14-16,18,28-29,31,33,39-41,44-45H,2,11,13,17,19-20H2,1H3/b21-15+/t28-,29+,31-,33-/m1/s1. The molecule has 5 N–H and O–H groups in total. The molecule has 0 bridgehead atoms. The Morgan fingerprint density at radius 2 is 1.83 bits per heavy atom. The highest BCUT2D eigenvalue weighted by atomic mass is 79.9. The number of allylic oxidation sites excluding steroid dienone is 1. The van der Waals surface area contributed by atoms with Crippen molar-refractivity contribution < 1.29 is 39.7 Å². The van der Waals surface area contributed by atoms with Gasteiger partial charge in [-0.15, -0.1) is 0 Å². The quantitative estimate of drug-likeness (QED) is 0.109. The van der Waals surface area contributed by atoms with Gasteiger partial charge in [0.1, 0.15) is 18.1 Å². The van der Waals surface area contributed by atoms with Gasteiger partial charge in [0, 0.05) is 16.0 Å². The number of rotatable bonds is 12. The number of carbonyl (C=O) groups is 2. The predicted octanol–water partition coefficient (Wildman–Crippen LogP) is 3.96. The van der Waals surface area contributed by atoms with Crippen molar-refractivity contribution in [1.82, 2.24) is 0 Å². The molecule has 0 saturated carbocycles. The predicted molar refractivity (Wildman–Crippen MR) is 179 cm³/mol. The van der Waals surface area contributed by atoms with E-state index in [0.717, 1.165) is 14.9 Å². The Morgan fingerprint density at radius 1 is 1.07 bits per heavy atom. The zero-order valence-electron chi connectivity index (χ0n) is 25.4. The van der Waals surface area contributed by atoms with Gasteiger partial charge in [-0.1, -0.05) is 64.8 Å². The molecule has 9 nitrogen and oxygen atoms in total. The second kappa shape index (κ2) is 14.8. The molecule has 5 rings (SSSR count). The van der Waals surface area contributed by atoms with Gasteiger partial charge < -0.3 is 30.1 Å². The molecule has 0 spiro atoms. The van der Waals surface area contributed by atoms with E-state index in [1.807, 2.05) is 37.3 Å². The molecule has 46 heavy (non-hydrogen) atoms. The molecule has 4 atom stereocenters. The highest BCUT2D eigenvalue weighted by Crippen LogP contribution is 2.47. The highest BCUT2D eigenvalue weighted by molar-refractivity contribution is 9.10. The zero-order chi connectivity index (χ0) is 33.0. The average Bonchev–Trinajstić information content (AvgIpc) is 3.31. The maximum atomic E-state index is 13.9. The lowest BCUT2D eigenvalue weighted by atomic mass is 9.68. The van der Waals surface area contributed by atoms with Gasteiger partial charge in [0.2, 0.25) is 11.8 Å². The van der Waals surface area contributed by atoms with Crippen molar-refractivity contribution in [2.24, 2.45) is 17.8 Å². The second-order valence-corrected chi connectivity index (χ2v) is 12.6. The van der Waals surface area contributed by atoms with Gasteiger partial charge in [0.05, 0.1) is 30.2 Å². The van der Waals surface area contributed by atoms with Crippen LogP contribution in [0.2, 0.25) is 0 Å². The van der Waals surface area contributed by atoms with Crippen molar-refractivity contribution >= 4 is 52.1 Å². The van der Waals surface area contributed by atoms with Crippen molar-refractivity contribution in [3.63, 3.8) is 0 Å². The summed E-state index contributed by atoms with van der Waals surface area (Å²) in [6.07, 6.45) is 2.47. The molecule has 0 aromatic heterocycles. The number of hydrogen-bond donors (Lipinski definition) is 5. The van der Waals surface area contributed by atoms with E-state index in [4.69, 9.17) is 4.74 Å². The summed E-state index contributed by atoms with van der Waals surface area (Å²) in [5.41, 5.74) is 3.15. The SMILES string of the molecule is CC/C(=C\c1cc(Br)ccc1O)CC[C@@H](O)C1=C(COc2ccccc2)C[C@H]2C(=O)N(c3cccc(B(O)O)c3)C(=O)[C@H]2[C@H]1CO. The Bertz CT molecular complexity index is 1640. The lowest BCUT2D eigenvalue weighted by Crippen LogP contribution is -2.40. The van der Waals surface area contributed by atoms with E-state index < -0.39 is 49.4 Å².